The molecule has 6 aliphatic heterocycles. The lowest BCUT2D eigenvalue weighted by molar-refractivity contribution is -0.134. The van der Waals surface area contributed by atoms with E-state index in [1.54, 1.807) is 41.9 Å². The third-order valence-electron chi connectivity index (χ3n) is 18.6. The predicted octanol–water partition coefficient (Wildman–Crippen LogP) is 5.73. The maximum Gasteiger partial charge on any atom is 0.232 e. The molecule has 10 rings (SSSR count). The Morgan fingerprint density at radius 1 is 0.603 bits per heavy atom. The summed E-state index contributed by atoms with van der Waals surface area (Å²) >= 11 is 0. The molecule has 78 heavy (non-hydrogen) atoms. The van der Waals surface area contributed by atoms with Crippen LogP contribution in [0.3, 0.4) is 0 Å². The van der Waals surface area contributed by atoms with Crippen molar-refractivity contribution in [1.82, 2.24) is 30.2 Å². The number of methoxy groups -OCH3 is 2. The van der Waals surface area contributed by atoms with Gasteiger partial charge in [-0.15, -0.1) is 0 Å². The van der Waals surface area contributed by atoms with E-state index in [9.17, 15) is 44.4 Å². The minimum absolute atomic E-state index is 0.0357. The van der Waals surface area contributed by atoms with Crippen LogP contribution in [0.1, 0.15) is 118 Å². The number of ketones is 4. The first kappa shape index (κ1) is 56.0. The van der Waals surface area contributed by atoms with Crippen molar-refractivity contribution in [1.29, 1.82) is 10.5 Å². The second-order valence-electron chi connectivity index (χ2n) is 23.4. The van der Waals surface area contributed by atoms with Crippen molar-refractivity contribution in [2.24, 2.45) is 11.8 Å². The number of nitrogens with one attached hydrogen (secondary N) is 2. The van der Waals surface area contributed by atoms with E-state index in [0.29, 0.717) is 53.5 Å². The van der Waals surface area contributed by atoms with Crippen LogP contribution in [0.25, 0.3) is 0 Å². The molecule has 0 spiro atoms. The lowest BCUT2D eigenvalue weighted by Gasteiger charge is -2.60. The molecule has 0 radical (unpaired) electrons. The summed E-state index contributed by atoms with van der Waals surface area (Å²) in [4.78, 5) is 87.8. The van der Waals surface area contributed by atoms with Gasteiger partial charge in [-0.1, -0.05) is 39.8 Å². The van der Waals surface area contributed by atoms with Gasteiger partial charge in [-0.2, -0.15) is 10.5 Å². The first-order valence-corrected chi connectivity index (χ1v) is 27.3. The molecule has 412 valence electrons. The van der Waals surface area contributed by atoms with Gasteiger partial charge >= 0.3 is 0 Å². The van der Waals surface area contributed by atoms with Crippen LogP contribution in [0.5, 0.6) is 11.5 Å². The number of nitriles is 2. The van der Waals surface area contributed by atoms with E-state index >= 15 is 0 Å². The minimum Gasteiger partial charge on any atom is -0.507 e. The molecule has 10 atom stereocenters. The van der Waals surface area contributed by atoms with E-state index < -0.39 is 35.7 Å². The SMILES string of the molecule is COc1c(C)cc2c(c1C)[C@@H]1[C@@H]3CC4=C(C(=O)C(=O)C(C)=C4O)[C@H](CNC(=O)C(C)C)N3[C@@H](C#N)[C@H](C2)N1C.COc1c(C)cc2c(c1C)[C@@H]1[C@@H]3CC4=C(C(=O)C(C)=C(C)C4=O)[C@H](CNC(=O)C(C)C)N3[C@@H](C#N)[C@H](C2)N1C. The van der Waals surface area contributed by atoms with Gasteiger partial charge < -0.3 is 25.2 Å². The number of nitrogens with zero attached hydrogens (tertiary/aromatic N) is 6. The topological polar surface area (TPSA) is 226 Å². The number of carbonyl (C=O) groups is 6. The third-order valence-corrected chi connectivity index (χ3v) is 18.6. The van der Waals surface area contributed by atoms with Crippen LogP contribution in [0.15, 0.2) is 56.9 Å². The number of benzene rings is 2. The number of aryl methyl sites for hydroxylation is 2. The van der Waals surface area contributed by atoms with Gasteiger partial charge in [0.15, 0.2) is 11.6 Å². The maximum atomic E-state index is 13.7. The van der Waals surface area contributed by atoms with Crippen LogP contribution in [0.2, 0.25) is 0 Å². The van der Waals surface area contributed by atoms with E-state index in [2.05, 4.69) is 70.5 Å². The molecular formula is C61H74N8O9. The van der Waals surface area contributed by atoms with Gasteiger partial charge in [-0.25, -0.2) is 0 Å². The smallest absolute Gasteiger partial charge is 0.232 e. The standard InChI is InChI=1S/C31H38N4O4.C30H36N4O5/c1-14(2)31(38)33-13-24-26-20(28(36)16(4)17(5)29(26)37)11-22-27-25-18(6)30(39-8)15(3)9-19(25)10-21(34(27)7)23(12-32)35(22)24;1-13(2)30(38)32-12-22-24-18(26(35)16(5)27(36)28(24)37)10-20-25-23-15(4)29(39-7)14(3)8-17(23)9-19(33(25)6)21(11-31)34(20)22/h9,14,21-24,27H,10-11,13H2,1-8H3,(H,33,38);8,13,19-22,25,35H,9-10,12H2,1-7H3,(H,32,38)/t21-,22-,23-,24-,27-;19-,20-,21-,22-,25-/m00/s1. The molecule has 2 fully saturated rings. The Bertz CT molecular complexity index is 3220. The summed E-state index contributed by atoms with van der Waals surface area (Å²) in [5, 5.41) is 38.2. The quantitative estimate of drug-likeness (QED) is 0.163. The van der Waals surface area contributed by atoms with Crippen molar-refractivity contribution in [2.45, 2.75) is 162 Å². The number of amides is 2. The summed E-state index contributed by atoms with van der Waals surface area (Å²) < 4.78 is 11.6. The van der Waals surface area contributed by atoms with Crippen molar-refractivity contribution in [3.8, 4) is 23.6 Å². The Hall–Kier alpha value is -6.76. The van der Waals surface area contributed by atoms with E-state index in [-0.39, 0.29) is 101 Å². The van der Waals surface area contributed by atoms with E-state index in [1.807, 2.05) is 39.6 Å². The zero-order chi connectivity index (χ0) is 57.0. The van der Waals surface area contributed by atoms with Gasteiger partial charge in [-0.3, -0.25) is 48.4 Å². The van der Waals surface area contributed by atoms with Crippen LogP contribution in [-0.2, 0) is 41.6 Å². The van der Waals surface area contributed by atoms with Gasteiger partial charge in [0.1, 0.15) is 29.3 Å². The number of Topliss-reactive ketones (excluding diaryl/α,β-unsaturated/α-hetero) is 4. The lowest BCUT2D eigenvalue weighted by atomic mass is 9.68. The molecular weight excluding hydrogens is 989 g/mol. The molecule has 6 heterocycles. The van der Waals surface area contributed by atoms with Crippen LogP contribution in [0, 0.1) is 62.2 Å². The molecule has 8 aliphatic rings. The zero-order valence-corrected chi connectivity index (χ0v) is 47.7. The van der Waals surface area contributed by atoms with Crippen LogP contribution >= 0.6 is 0 Å². The summed E-state index contributed by atoms with van der Waals surface area (Å²) in [6, 6.07) is 5.93. The normalized spacial score (nSPS) is 28.7. The summed E-state index contributed by atoms with van der Waals surface area (Å²) in [5.41, 5.74) is 11.5. The fourth-order valence-corrected chi connectivity index (χ4v) is 14.8. The third kappa shape index (κ3) is 8.46. The largest absolute Gasteiger partial charge is 0.507 e. The van der Waals surface area contributed by atoms with Crippen molar-refractivity contribution < 1.29 is 43.3 Å². The average Bonchev–Trinajstić information content (AvgIpc) is 3.47. The Morgan fingerprint density at radius 2 is 1.00 bits per heavy atom. The monoisotopic (exact) mass is 1060 g/mol. The number of carbonyl (C=O) groups excluding carboxylic acids is 6. The van der Waals surface area contributed by atoms with Gasteiger partial charge in [0, 0.05) is 88.1 Å². The number of piperazine rings is 2. The number of allylic oxidation sites excluding steroid dienone is 4. The van der Waals surface area contributed by atoms with Gasteiger partial charge in [0.05, 0.1) is 50.5 Å². The second-order valence-corrected chi connectivity index (χ2v) is 23.4. The predicted molar refractivity (Wildman–Crippen MR) is 291 cm³/mol. The Kier molecular flexibility index (Phi) is 14.9. The fraction of sp³-hybridized carbons (Fsp3) is 0.541. The summed E-state index contributed by atoms with van der Waals surface area (Å²) in [6.07, 6.45) is 2.00. The first-order valence-electron chi connectivity index (χ1n) is 27.3. The maximum absolute atomic E-state index is 13.7. The first-order chi connectivity index (χ1) is 36.9. The number of hydrogen-bond acceptors (Lipinski definition) is 15. The molecule has 2 aromatic carbocycles. The van der Waals surface area contributed by atoms with Gasteiger partial charge in [-0.05, 0) is 133 Å². The van der Waals surface area contributed by atoms with Crippen LogP contribution in [0.4, 0.5) is 0 Å². The van der Waals surface area contributed by atoms with Crippen LogP contribution in [-0.4, -0.2) is 149 Å². The number of fused-ring (bicyclic) bond motifs is 12. The molecule has 17 heteroatoms. The average molecular weight is 1060 g/mol. The zero-order valence-electron chi connectivity index (χ0n) is 47.7. The highest BCUT2D eigenvalue weighted by Gasteiger charge is 2.59. The second kappa shape index (κ2) is 20.8. The Morgan fingerprint density at radius 3 is 1.40 bits per heavy atom. The highest BCUT2D eigenvalue weighted by molar-refractivity contribution is 6.50. The lowest BCUT2D eigenvalue weighted by Crippen LogP contribution is -2.71. The minimum atomic E-state index is -0.742. The highest BCUT2D eigenvalue weighted by atomic mass is 16.5. The Balaban J connectivity index is 0.000000190. The molecule has 2 saturated heterocycles. The number of likely N-dealkylation sites (N-methyl/N-ethyl adjacent to an activating group) is 2. The van der Waals surface area contributed by atoms with E-state index in [0.717, 1.165) is 39.3 Å². The summed E-state index contributed by atoms with van der Waals surface area (Å²) in [5.74, 6) is -0.972. The van der Waals surface area contributed by atoms with E-state index in [1.165, 1.54) is 23.6 Å². The molecule has 0 unspecified atom stereocenters. The molecule has 2 amide bonds. The van der Waals surface area contributed by atoms with Crippen molar-refractivity contribution >= 4 is 34.9 Å². The van der Waals surface area contributed by atoms with Gasteiger partial charge in [0.2, 0.25) is 23.4 Å². The molecule has 3 N–H and O–H groups in total. The highest BCUT2D eigenvalue weighted by Crippen LogP contribution is 2.54. The molecule has 0 aromatic heterocycles. The summed E-state index contributed by atoms with van der Waals surface area (Å²) in [6.45, 7) is 20.5. The van der Waals surface area contributed by atoms with Crippen molar-refractivity contribution in [2.75, 3.05) is 41.4 Å². The van der Waals surface area contributed by atoms with Gasteiger partial charge in [0.25, 0.3) is 0 Å². The number of ether oxygens (including phenoxy) is 2. The molecule has 0 saturated carbocycles. The van der Waals surface area contributed by atoms with Crippen LogP contribution < -0.4 is 20.1 Å². The Labute approximate surface area is 457 Å². The fourth-order valence-electron chi connectivity index (χ4n) is 14.8. The summed E-state index contributed by atoms with van der Waals surface area (Å²) in [7, 11) is 7.44. The molecule has 2 aliphatic carbocycles. The van der Waals surface area contributed by atoms with E-state index in [4.69, 9.17) is 9.47 Å². The number of aliphatic hydroxyl groups excluding tert-OH is 1. The molecule has 17 nitrogen and oxygen atoms in total. The molecule has 2 aromatic rings. The number of hydrogen-bond donors (Lipinski definition) is 3. The molecule has 4 bridgehead atoms. The van der Waals surface area contributed by atoms with Crippen molar-refractivity contribution in [3.63, 3.8) is 0 Å². The number of rotatable bonds is 8. The van der Waals surface area contributed by atoms with Crippen molar-refractivity contribution in [3.05, 3.63) is 101 Å². The number of aliphatic hydroxyl groups is 1.